The molecule has 72 valence electrons. The number of aliphatic hydroxyl groups is 1. The van der Waals surface area contributed by atoms with Gasteiger partial charge in [0.25, 0.3) is 11.7 Å². The molecule has 3 rings (SSSR count). The van der Waals surface area contributed by atoms with Gasteiger partial charge in [-0.05, 0) is 6.92 Å². The number of phosphoric acid groups is 1. The minimum atomic E-state index is -3.47. The van der Waals surface area contributed by atoms with Gasteiger partial charge in [-0.1, -0.05) is 0 Å². The predicted molar refractivity (Wildman–Crippen MR) is 37.7 cm³/mol. The molecule has 3 aliphatic heterocycles. The first kappa shape index (κ1) is 8.40. The molecular formula is C5H6NO6P. The Morgan fingerprint density at radius 1 is 1.54 bits per heavy atom. The van der Waals surface area contributed by atoms with Crippen molar-refractivity contribution in [2.45, 2.75) is 13.2 Å². The van der Waals surface area contributed by atoms with Gasteiger partial charge in [-0.15, -0.1) is 0 Å². The van der Waals surface area contributed by atoms with Gasteiger partial charge in [0.15, 0.2) is 0 Å². The predicted octanol–water partition coefficient (Wildman–Crippen LogP) is -0.205. The number of amides is 1. The van der Waals surface area contributed by atoms with Crippen molar-refractivity contribution < 1.29 is 28.0 Å². The average Bonchev–Trinajstić information content (AvgIpc) is 2.38. The van der Waals surface area contributed by atoms with Crippen LogP contribution >= 0.6 is 7.82 Å². The number of fused-ring (bicyclic) bond motifs is 1. The van der Waals surface area contributed by atoms with Gasteiger partial charge in [-0.3, -0.25) is 4.79 Å². The lowest BCUT2D eigenvalue weighted by Crippen LogP contribution is -2.33. The molecule has 1 fully saturated rings. The van der Waals surface area contributed by atoms with Crippen LogP contribution in [0.5, 0.6) is 0 Å². The Bertz CT molecular complexity index is 335. The fourth-order valence-corrected chi connectivity index (χ4v) is 1.91. The number of carbonyl (C=O) groups excluding carboxylic acids is 1. The number of phosphoric ester groups is 1. The average molecular weight is 207 g/mol. The molecular weight excluding hydrogens is 201 g/mol. The summed E-state index contributed by atoms with van der Waals surface area (Å²) in [6.07, 6.45) is -1.03. The number of hydrogen-bond acceptors (Lipinski definition) is 6. The summed E-state index contributed by atoms with van der Waals surface area (Å²) < 4.78 is 24.5. The van der Waals surface area contributed by atoms with Gasteiger partial charge < -0.3 is 24.0 Å². The fraction of sp³-hybridized carbons (Fsp3) is 0.400. The van der Waals surface area contributed by atoms with Gasteiger partial charge in [0, 0.05) is 0 Å². The monoisotopic (exact) mass is 207 g/mol. The third kappa shape index (κ3) is 1.26. The van der Waals surface area contributed by atoms with Crippen molar-refractivity contribution in [3.63, 3.8) is 0 Å². The molecule has 0 aromatic carbocycles. The molecule has 1 saturated heterocycles. The molecule has 0 aromatic heterocycles. The fourth-order valence-electron chi connectivity index (χ4n) is 0.869. The maximum Gasteiger partial charge on any atom is 0.652 e. The van der Waals surface area contributed by atoms with Gasteiger partial charge in [-0.2, -0.15) is 4.57 Å². The number of aliphatic hydroxyl groups excluding tert-OH is 1. The second kappa shape index (κ2) is 2.40. The molecule has 8 heteroatoms. The summed E-state index contributed by atoms with van der Waals surface area (Å²) in [5, 5.41) is 10.9. The zero-order valence-electron chi connectivity index (χ0n) is 6.51. The summed E-state index contributed by atoms with van der Waals surface area (Å²) >= 11 is 0. The Balaban J connectivity index is 2.08. The third-order valence-corrected chi connectivity index (χ3v) is 2.51. The molecule has 2 N–H and O–H groups in total. The standard InChI is InChI=1S/C5H6NO6P/c1-2(7)6-4(8)3-5-11-13(9,10-3)12-5/h2,7H,1H3,(H,6,8). The topological polar surface area (TPSA) is 94.1 Å². The molecule has 2 bridgehead atoms. The zero-order chi connectivity index (χ0) is 9.64. The lowest BCUT2D eigenvalue weighted by molar-refractivity contribution is -0.122. The first-order valence-electron chi connectivity index (χ1n) is 3.42. The molecule has 0 radical (unpaired) electrons. The third-order valence-electron chi connectivity index (χ3n) is 1.32. The summed E-state index contributed by atoms with van der Waals surface area (Å²) in [5.74, 6) is -1.20. The van der Waals surface area contributed by atoms with Crippen LogP contribution in [0.1, 0.15) is 6.92 Å². The van der Waals surface area contributed by atoms with Gasteiger partial charge in [0.05, 0.1) is 0 Å². The zero-order valence-corrected chi connectivity index (χ0v) is 7.41. The van der Waals surface area contributed by atoms with Crippen LogP contribution < -0.4 is 5.32 Å². The molecule has 3 heterocycles. The molecule has 7 nitrogen and oxygen atoms in total. The molecule has 0 spiro atoms. The number of carbonyl (C=O) groups is 1. The molecule has 0 aromatic rings. The maximum absolute atomic E-state index is 11.1. The van der Waals surface area contributed by atoms with E-state index in [-0.39, 0.29) is 11.7 Å². The van der Waals surface area contributed by atoms with E-state index in [4.69, 9.17) is 5.11 Å². The summed E-state index contributed by atoms with van der Waals surface area (Å²) in [4.78, 5) is 11.1. The van der Waals surface area contributed by atoms with Gasteiger partial charge in [0.1, 0.15) is 6.23 Å². The van der Waals surface area contributed by atoms with Crippen LogP contribution in [-0.2, 0) is 22.9 Å². The Hall–Kier alpha value is -1.20. The first-order chi connectivity index (χ1) is 6.00. The van der Waals surface area contributed by atoms with Crippen molar-refractivity contribution in [3.8, 4) is 0 Å². The smallest absolute Gasteiger partial charge is 0.374 e. The second-order valence-electron chi connectivity index (χ2n) is 2.49. The highest BCUT2D eigenvalue weighted by molar-refractivity contribution is 7.50. The van der Waals surface area contributed by atoms with Crippen LogP contribution in [0.2, 0.25) is 0 Å². The normalized spacial score (nSPS) is 23.5. The van der Waals surface area contributed by atoms with Crippen LogP contribution in [0.15, 0.2) is 11.7 Å². The molecule has 0 aliphatic carbocycles. The Morgan fingerprint density at radius 3 is 2.54 bits per heavy atom. The van der Waals surface area contributed by atoms with Gasteiger partial charge in [-0.25, -0.2) is 0 Å². The molecule has 3 aliphatic rings. The Kier molecular flexibility index (Phi) is 1.55. The van der Waals surface area contributed by atoms with E-state index < -0.39 is 20.0 Å². The van der Waals surface area contributed by atoms with Crippen molar-refractivity contribution in [1.29, 1.82) is 0 Å². The first-order valence-corrected chi connectivity index (χ1v) is 4.88. The van der Waals surface area contributed by atoms with Crippen molar-refractivity contribution >= 4 is 13.7 Å². The Morgan fingerprint density at radius 2 is 2.15 bits per heavy atom. The molecule has 1 unspecified atom stereocenters. The van der Waals surface area contributed by atoms with Crippen LogP contribution in [0, 0.1) is 0 Å². The van der Waals surface area contributed by atoms with E-state index in [1.807, 2.05) is 0 Å². The van der Waals surface area contributed by atoms with E-state index >= 15 is 0 Å². The Labute approximate surface area is 72.9 Å². The molecule has 1 atom stereocenters. The van der Waals surface area contributed by atoms with E-state index in [0.29, 0.717) is 0 Å². The van der Waals surface area contributed by atoms with Crippen LogP contribution in [-0.4, -0.2) is 17.2 Å². The lowest BCUT2D eigenvalue weighted by atomic mass is 10.4. The summed E-state index contributed by atoms with van der Waals surface area (Å²) in [6, 6.07) is 0. The highest BCUT2D eigenvalue weighted by Crippen LogP contribution is 2.70. The minimum absolute atomic E-state index is 0.193. The van der Waals surface area contributed by atoms with E-state index in [0.717, 1.165) is 0 Å². The van der Waals surface area contributed by atoms with Crippen LogP contribution in [0.3, 0.4) is 0 Å². The van der Waals surface area contributed by atoms with E-state index in [1.165, 1.54) is 6.92 Å². The van der Waals surface area contributed by atoms with Crippen LogP contribution in [0.4, 0.5) is 0 Å². The quantitative estimate of drug-likeness (QED) is 0.480. The highest BCUT2D eigenvalue weighted by Gasteiger charge is 2.58. The number of hydrogen-bond donors (Lipinski definition) is 2. The SMILES string of the molecule is CC(O)NC(=O)C1=C2OP(=O)(O2)O1. The van der Waals surface area contributed by atoms with Gasteiger partial charge >= 0.3 is 13.8 Å². The summed E-state index contributed by atoms with van der Waals surface area (Å²) in [6.45, 7) is 1.35. The highest BCUT2D eigenvalue weighted by atomic mass is 31.2. The number of rotatable bonds is 2. The van der Waals surface area contributed by atoms with Gasteiger partial charge in [0.2, 0.25) is 0 Å². The largest absolute Gasteiger partial charge is 0.652 e. The van der Waals surface area contributed by atoms with E-state index in [9.17, 15) is 9.36 Å². The van der Waals surface area contributed by atoms with E-state index in [1.54, 1.807) is 0 Å². The van der Waals surface area contributed by atoms with Crippen molar-refractivity contribution in [2.75, 3.05) is 0 Å². The van der Waals surface area contributed by atoms with E-state index in [2.05, 4.69) is 18.9 Å². The number of nitrogens with one attached hydrogen (secondary N) is 1. The maximum atomic E-state index is 11.1. The minimum Gasteiger partial charge on any atom is -0.374 e. The van der Waals surface area contributed by atoms with Crippen molar-refractivity contribution in [2.24, 2.45) is 0 Å². The second-order valence-corrected chi connectivity index (χ2v) is 3.93. The lowest BCUT2D eigenvalue weighted by Gasteiger charge is -2.15. The van der Waals surface area contributed by atoms with Crippen LogP contribution in [0.25, 0.3) is 0 Å². The van der Waals surface area contributed by atoms with Crippen molar-refractivity contribution in [3.05, 3.63) is 11.7 Å². The molecule has 13 heavy (non-hydrogen) atoms. The summed E-state index contributed by atoms with van der Waals surface area (Å²) in [5.41, 5.74) is 0. The van der Waals surface area contributed by atoms with Crippen molar-refractivity contribution in [1.82, 2.24) is 5.32 Å². The molecule has 0 saturated carbocycles. The summed E-state index contributed by atoms with van der Waals surface area (Å²) in [7, 11) is -3.47. The molecule has 1 amide bonds.